The molecule has 1 saturated carbocycles. The number of benzene rings is 1. The van der Waals surface area contributed by atoms with Gasteiger partial charge in [0.05, 0.1) is 6.54 Å². The summed E-state index contributed by atoms with van der Waals surface area (Å²) in [4.78, 5) is 13.1. The summed E-state index contributed by atoms with van der Waals surface area (Å²) in [5.41, 5.74) is 1.99. The highest BCUT2D eigenvalue weighted by Crippen LogP contribution is 2.29. The van der Waals surface area contributed by atoms with Gasteiger partial charge in [0.2, 0.25) is 0 Å². The van der Waals surface area contributed by atoms with Crippen LogP contribution in [-0.4, -0.2) is 25.8 Å². The number of ether oxygens (including phenoxy) is 1. The van der Waals surface area contributed by atoms with Gasteiger partial charge in [-0.15, -0.1) is 0 Å². The van der Waals surface area contributed by atoms with E-state index < -0.39 is 0 Å². The molecule has 4 heteroatoms. The maximum atomic E-state index is 11.4. The molecule has 0 bridgehead atoms. The molecule has 1 N–H and O–H groups in total. The van der Waals surface area contributed by atoms with E-state index in [1.165, 1.54) is 12.8 Å². The zero-order valence-electron chi connectivity index (χ0n) is 9.69. The summed E-state index contributed by atoms with van der Waals surface area (Å²) in [6, 6.07) is 7.95. The van der Waals surface area contributed by atoms with Crippen LogP contribution >= 0.6 is 0 Å². The highest BCUT2D eigenvalue weighted by atomic mass is 16.6. The molecule has 1 heterocycles. The zero-order valence-corrected chi connectivity index (χ0v) is 9.69. The molecule has 0 radical (unpaired) electrons. The standard InChI is InChI=1S/C13H16N2O2/c16-13-15(6-7-17-13)12-3-1-2-11(8-12)14-9-10-4-5-10/h1-3,8,10,14H,4-7,9H2. The topological polar surface area (TPSA) is 41.6 Å². The van der Waals surface area contributed by atoms with Gasteiger partial charge in [-0.05, 0) is 37.0 Å². The molecule has 1 aliphatic heterocycles. The lowest BCUT2D eigenvalue weighted by Crippen LogP contribution is -2.23. The van der Waals surface area contributed by atoms with Crippen LogP contribution in [0.25, 0.3) is 0 Å². The Labute approximate surface area is 101 Å². The average Bonchev–Trinajstić information content (AvgIpc) is 3.08. The molecular formula is C13H16N2O2. The second-order valence-electron chi connectivity index (χ2n) is 4.64. The summed E-state index contributed by atoms with van der Waals surface area (Å²) >= 11 is 0. The Morgan fingerprint density at radius 2 is 2.29 bits per heavy atom. The molecule has 1 aromatic rings. The molecule has 1 amide bonds. The van der Waals surface area contributed by atoms with Gasteiger partial charge in [-0.2, -0.15) is 0 Å². The predicted molar refractivity (Wildman–Crippen MR) is 66.3 cm³/mol. The largest absolute Gasteiger partial charge is 0.447 e. The molecule has 0 atom stereocenters. The van der Waals surface area contributed by atoms with Crippen molar-refractivity contribution in [3.05, 3.63) is 24.3 Å². The fraction of sp³-hybridized carbons (Fsp3) is 0.462. The summed E-state index contributed by atoms with van der Waals surface area (Å²) < 4.78 is 4.93. The van der Waals surface area contributed by atoms with E-state index in [2.05, 4.69) is 5.32 Å². The maximum absolute atomic E-state index is 11.4. The van der Waals surface area contributed by atoms with Gasteiger partial charge >= 0.3 is 6.09 Å². The number of rotatable bonds is 4. The number of carbonyl (C=O) groups is 1. The number of hydrogen-bond donors (Lipinski definition) is 1. The van der Waals surface area contributed by atoms with Gasteiger partial charge in [-0.3, -0.25) is 4.90 Å². The van der Waals surface area contributed by atoms with Gasteiger partial charge in [-0.25, -0.2) is 4.79 Å². The van der Waals surface area contributed by atoms with E-state index in [0.717, 1.165) is 23.8 Å². The fourth-order valence-corrected chi connectivity index (χ4v) is 2.00. The average molecular weight is 232 g/mol. The van der Waals surface area contributed by atoms with E-state index in [0.29, 0.717) is 13.2 Å². The minimum Gasteiger partial charge on any atom is -0.447 e. The summed E-state index contributed by atoms with van der Waals surface area (Å²) in [7, 11) is 0. The molecule has 1 saturated heterocycles. The Morgan fingerprint density at radius 1 is 1.41 bits per heavy atom. The monoisotopic (exact) mass is 232 g/mol. The third-order valence-electron chi connectivity index (χ3n) is 3.21. The van der Waals surface area contributed by atoms with Crippen LogP contribution in [0.5, 0.6) is 0 Å². The quantitative estimate of drug-likeness (QED) is 0.867. The Morgan fingerprint density at radius 3 is 3.00 bits per heavy atom. The SMILES string of the molecule is O=C1OCCN1c1cccc(NCC2CC2)c1. The predicted octanol–water partition coefficient (Wildman–Crippen LogP) is 2.47. The fourth-order valence-electron chi connectivity index (χ4n) is 2.00. The third-order valence-corrected chi connectivity index (χ3v) is 3.21. The number of cyclic esters (lactones) is 1. The molecule has 1 aromatic carbocycles. The van der Waals surface area contributed by atoms with Crippen LogP contribution in [0, 0.1) is 5.92 Å². The van der Waals surface area contributed by atoms with E-state index in [1.54, 1.807) is 4.90 Å². The Kier molecular flexibility index (Phi) is 2.63. The first-order valence-corrected chi connectivity index (χ1v) is 6.11. The van der Waals surface area contributed by atoms with Crippen molar-refractivity contribution in [1.29, 1.82) is 0 Å². The van der Waals surface area contributed by atoms with Crippen molar-refractivity contribution < 1.29 is 9.53 Å². The first kappa shape index (κ1) is 10.4. The van der Waals surface area contributed by atoms with Crippen LogP contribution in [0.2, 0.25) is 0 Å². The molecule has 2 aliphatic rings. The summed E-state index contributed by atoms with van der Waals surface area (Å²) in [5.74, 6) is 0.843. The molecule has 3 rings (SSSR count). The number of hydrogen-bond acceptors (Lipinski definition) is 3. The van der Waals surface area contributed by atoms with Crippen molar-refractivity contribution in [3.63, 3.8) is 0 Å². The molecule has 4 nitrogen and oxygen atoms in total. The second kappa shape index (κ2) is 4.28. The van der Waals surface area contributed by atoms with Crippen molar-refractivity contribution in [2.75, 3.05) is 29.9 Å². The zero-order chi connectivity index (χ0) is 11.7. The highest BCUT2D eigenvalue weighted by molar-refractivity contribution is 5.89. The molecule has 2 fully saturated rings. The van der Waals surface area contributed by atoms with E-state index in [4.69, 9.17) is 4.74 Å². The van der Waals surface area contributed by atoms with Crippen LogP contribution in [-0.2, 0) is 4.74 Å². The number of nitrogens with one attached hydrogen (secondary N) is 1. The lowest BCUT2D eigenvalue weighted by Gasteiger charge is -2.14. The first-order chi connectivity index (χ1) is 8.33. The Hall–Kier alpha value is -1.71. The van der Waals surface area contributed by atoms with Gasteiger partial charge in [0.1, 0.15) is 6.61 Å². The van der Waals surface area contributed by atoms with Crippen molar-refractivity contribution in [2.24, 2.45) is 5.92 Å². The molecule has 1 aliphatic carbocycles. The van der Waals surface area contributed by atoms with Gasteiger partial charge in [0, 0.05) is 17.9 Å². The smallest absolute Gasteiger partial charge is 0.414 e. The van der Waals surface area contributed by atoms with E-state index in [1.807, 2.05) is 24.3 Å². The third kappa shape index (κ3) is 2.35. The van der Waals surface area contributed by atoms with Gasteiger partial charge in [0.25, 0.3) is 0 Å². The Balaban J connectivity index is 1.70. The van der Waals surface area contributed by atoms with Crippen molar-refractivity contribution in [2.45, 2.75) is 12.8 Å². The van der Waals surface area contributed by atoms with Crippen molar-refractivity contribution in [3.8, 4) is 0 Å². The highest BCUT2D eigenvalue weighted by Gasteiger charge is 2.24. The Bertz CT molecular complexity index is 429. The van der Waals surface area contributed by atoms with Crippen molar-refractivity contribution >= 4 is 17.5 Å². The number of carbonyl (C=O) groups excluding carboxylic acids is 1. The first-order valence-electron chi connectivity index (χ1n) is 6.11. The van der Waals surface area contributed by atoms with Crippen LogP contribution in [0.3, 0.4) is 0 Å². The van der Waals surface area contributed by atoms with E-state index in [9.17, 15) is 4.79 Å². The second-order valence-corrected chi connectivity index (χ2v) is 4.64. The van der Waals surface area contributed by atoms with Crippen LogP contribution in [0.15, 0.2) is 24.3 Å². The van der Waals surface area contributed by atoms with Gasteiger partial charge in [0.15, 0.2) is 0 Å². The summed E-state index contributed by atoms with van der Waals surface area (Å²) in [5, 5.41) is 3.41. The van der Waals surface area contributed by atoms with Crippen LogP contribution in [0.4, 0.5) is 16.2 Å². The van der Waals surface area contributed by atoms with E-state index >= 15 is 0 Å². The number of anilines is 2. The number of nitrogens with zero attached hydrogens (tertiary/aromatic N) is 1. The molecule has 0 unspecified atom stereocenters. The van der Waals surface area contributed by atoms with Crippen molar-refractivity contribution in [1.82, 2.24) is 0 Å². The van der Waals surface area contributed by atoms with E-state index in [-0.39, 0.29) is 6.09 Å². The maximum Gasteiger partial charge on any atom is 0.414 e. The minimum atomic E-state index is -0.246. The number of amides is 1. The normalized spacial score (nSPS) is 19.3. The lowest BCUT2D eigenvalue weighted by atomic mass is 10.2. The molecule has 90 valence electrons. The van der Waals surface area contributed by atoms with Gasteiger partial charge in [-0.1, -0.05) is 6.07 Å². The summed E-state index contributed by atoms with van der Waals surface area (Å²) in [6.45, 7) is 2.16. The molecule has 17 heavy (non-hydrogen) atoms. The lowest BCUT2D eigenvalue weighted by molar-refractivity contribution is 0.181. The minimum absolute atomic E-state index is 0.246. The molecular weight excluding hydrogens is 216 g/mol. The van der Waals surface area contributed by atoms with Crippen LogP contribution < -0.4 is 10.2 Å². The van der Waals surface area contributed by atoms with Crippen LogP contribution in [0.1, 0.15) is 12.8 Å². The van der Waals surface area contributed by atoms with Gasteiger partial charge < -0.3 is 10.1 Å². The molecule has 0 spiro atoms. The molecule has 0 aromatic heterocycles. The summed E-state index contributed by atoms with van der Waals surface area (Å²) in [6.07, 6.45) is 2.43.